The highest BCUT2D eigenvalue weighted by atomic mass is 32.1. The Labute approximate surface area is 587 Å². The molecular weight excluding hydrogens is 1220 g/mol. The summed E-state index contributed by atoms with van der Waals surface area (Å²) >= 11 is 1.84. The number of thiazole rings is 1. The average Bonchev–Trinajstić information content (AvgIpc) is 1.74. The monoisotopic (exact) mass is 1360 g/mol. The normalized spacial score (nSPS) is 12.9. The number of nitrogens with zero attached hydrogens (tertiary/aromatic N) is 8. The fourth-order valence-corrected chi connectivity index (χ4v) is 9.73. The SMILES string of the molecule is C.C.C.C.CC(C)(C)c1ccc(C#N)c(C(C)(C)C)n1.CC(C)(C)c1ccc(F)c(C(C)(C)CF)n1.CC(C)(C)c1csc(C2CC2)n1.CC(C)(C)c1nc(C(C)(C)CF)ccc1F.CCC(C)(C)c1nc(C(C)(C)C)ccc1F.[C-]#[N+]c1ccc(C(C)(C)C)nc1C(C)(C)C. The fraction of sp³-hybridized carbons (Fsp3) is 0.634. The lowest BCUT2D eigenvalue weighted by Crippen LogP contribution is -2.25. The molecule has 0 N–H and O–H groups in total. The molecule has 0 aromatic carbocycles. The van der Waals surface area contributed by atoms with E-state index in [1.54, 1.807) is 52.0 Å². The van der Waals surface area contributed by atoms with E-state index in [1.165, 1.54) is 35.7 Å². The van der Waals surface area contributed by atoms with E-state index >= 15 is 0 Å². The second-order valence-corrected chi connectivity index (χ2v) is 35.5. The first kappa shape index (κ1) is 94.2. The number of aromatic nitrogens is 6. The van der Waals surface area contributed by atoms with Gasteiger partial charge in [-0.3, -0.25) is 33.7 Å². The maximum atomic E-state index is 13.8. The van der Waals surface area contributed by atoms with Gasteiger partial charge in [-0.15, -0.1) is 11.3 Å². The van der Waals surface area contributed by atoms with Crippen molar-refractivity contribution in [3.8, 4) is 6.07 Å². The highest BCUT2D eigenvalue weighted by Gasteiger charge is 2.32. The molecule has 0 saturated heterocycles. The maximum absolute atomic E-state index is 13.8. The van der Waals surface area contributed by atoms with Gasteiger partial charge in [0.1, 0.15) is 36.9 Å². The second kappa shape index (κ2) is 35.7. The maximum Gasteiger partial charge on any atom is 0.208 e. The number of hydrogen-bond donors (Lipinski definition) is 0. The molecule has 1 aliphatic rings. The van der Waals surface area contributed by atoms with Crippen molar-refractivity contribution in [2.24, 2.45) is 0 Å². The molecule has 96 heavy (non-hydrogen) atoms. The topological polar surface area (TPSA) is 105 Å². The fourth-order valence-electron chi connectivity index (χ4n) is 8.51. The number of hydrogen-bond acceptors (Lipinski definition) is 8. The Morgan fingerprint density at radius 3 is 1.03 bits per heavy atom. The Kier molecular flexibility index (Phi) is 35.0. The van der Waals surface area contributed by atoms with E-state index in [1.807, 2.05) is 91.0 Å². The number of pyridine rings is 5. The highest BCUT2D eigenvalue weighted by molar-refractivity contribution is 7.09. The second-order valence-electron chi connectivity index (χ2n) is 34.6. The Morgan fingerprint density at radius 1 is 0.406 bits per heavy atom. The summed E-state index contributed by atoms with van der Waals surface area (Å²) in [4.78, 5) is 30.6. The summed E-state index contributed by atoms with van der Waals surface area (Å²) in [7, 11) is 0. The van der Waals surface area contributed by atoms with Gasteiger partial charge >= 0.3 is 0 Å². The van der Waals surface area contributed by atoms with Crippen molar-refractivity contribution in [1.82, 2.24) is 29.9 Å². The van der Waals surface area contributed by atoms with Gasteiger partial charge in [-0.2, -0.15) is 5.26 Å². The largest absolute Gasteiger partial charge is 0.268 e. The molecule has 0 amide bonds. The lowest BCUT2D eigenvalue weighted by molar-refractivity contribution is 0.331. The van der Waals surface area contributed by atoms with Crippen LogP contribution in [0.1, 0.15) is 343 Å². The lowest BCUT2D eigenvalue weighted by atomic mass is 9.84. The molecule has 6 aromatic heterocycles. The molecule has 0 spiro atoms. The number of nitriles is 1. The minimum absolute atomic E-state index is 0. The molecule has 1 saturated carbocycles. The van der Waals surface area contributed by atoms with Gasteiger partial charge < -0.3 is 0 Å². The zero-order valence-electron chi connectivity index (χ0n) is 62.3. The van der Waals surface area contributed by atoms with Crippen LogP contribution < -0.4 is 0 Å². The molecule has 1 aliphatic carbocycles. The van der Waals surface area contributed by atoms with Gasteiger partial charge in [0.25, 0.3) is 0 Å². The summed E-state index contributed by atoms with van der Waals surface area (Å²) in [6.07, 6.45) is 3.60. The molecule has 0 radical (unpaired) electrons. The van der Waals surface area contributed by atoms with Gasteiger partial charge in [0.05, 0.1) is 51.3 Å². The van der Waals surface area contributed by atoms with E-state index in [2.05, 4.69) is 178 Å². The van der Waals surface area contributed by atoms with Crippen LogP contribution in [0.3, 0.4) is 0 Å². The molecule has 0 atom stereocenters. The Balaban J connectivity index is -0.00000107. The van der Waals surface area contributed by atoms with Crippen LogP contribution in [0.4, 0.5) is 27.6 Å². The van der Waals surface area contributed by atoms with Crippen molar-refractivity contribution < 1.29 is 22.0 Å². The first-order valence-electron chi connectivity index (χ1n) is 32.4. The summed E-state index contributed by atoms with van der Waals surface area (Å²) in [5.41, 5.74) is 7.81. The summed E-state index contributed by atoms with van der Waals surface area (Å²) in [5.74, 6) is -0.146. The molecule has 6 heterocycles. The van der Waals surface area contributed by atoms with Gasteiger partial charge in [-0.1, -0.05) is 256 Å². The van der Waals surface area contributed by atoms with Gasteiger partial charge in [0.2, 0.25) is 5.69 Å². The molecule has 14 heteroatoms. The van der Waals surface area contributed by atoms with E-state index in [0.717, 1.165) is 46.5 Å². The first-order valence-corrected chi connectivity index (χ1v) is 33.2. The van der Waals surface area contributed by atoms with Crippen LogP contribution in [0.2, 0.25) is 0 Å². The van der Waals surface area contributed by atoms with Crippen molar-refractivity contribution in [3.05, 3.63) is 168 Å². The standard InChI is InChI=1S/C14H22FN.2C14H20N2.2C13H19F2N.C10H15NS.4CH4/c1-7-14(5,6)12-10(15)8-9-11(16-12)13(2,3)4;1-13(2,3)11-9-8-10(15-7)12(16-11)14(4,5)6;1-13(2,3)11-8-7-10(9-15)12(16-11)14(4,5)6;1-12(2,3)11-9(15)6-7-10(16-11)13(4,5)8-14;1-12(2,3)10-7-6-9(15)11(16-10)13(4,5)8-14;1-10(2,3)8-6-12-9(11-8)7-4-5-7;;;;/h8-9H,7H2,1-6H3;8-9H,1-6H3;7-8H,1-6H3;2*6-7H,8H2,1-5H3;6-7H,4-5H2,1-3H3;4*1H4. The van der Waals surface area contributed by atoms with Crippen LogP contribution in [-0.2, 0) is 59.6 Å². The summed E-state index contributed by atoms with van der Waals surface area (Å²) < 4.78 is 66.7. The van der Waals surface area contributed by atoms with Crippen LogP contribution in [0, 0.1) is 35.4 Å². The summed E-state index contributed by atoms with van der Waals surface area (Å²) in [5, 5.41) is 12.7. The minimum Gasteiger partial charge on any atom is -0.268 e. The molecule has 0 unspecified atom stereocenters. The van der Waals surface area contributed by atoms with Gasteiger partial charge in [-0.25, -0.2) is 23.0 Å². The molecule has 540 valence electrons. The van der Waals surface area contributed by atoms with Crippen LogP contribution in [-0.4, -0.2) is 43.3 Å². The van der Waals surface area contributed by atoms with Crippen molar-refractivity contribution >= 4 is 17.0 Å². The van der Waals surface area contributed by atoms with E-state index in [4.69, 9.17) is 11.8 Å². The molecule has 7 rings (SSSR count). The smallest absolute Gasteiger partial charge is 0.208 e. The zero-order valence-corrected chi connectivity index (χ0v) is 63.2. The number of halogens is 5. The number of alkyl halides is 2. The highest BCUT2D eigenvalue weighted by Crippen LogP contribution is 2.43. The average molecular weight is 1360 g/mol. The van der Waals surface area contributed by atoms with E-state index in [9.17, 15) is 22.0 Å². The molecule has 6 aromatic rings. The van der Waals surface area contributed by atoms with Gasteiger partial charge in [-0.05, 0) is 73.2 Å². The van der Waals surface area contributed by atoms with E-state index in [-0.39, 0.29) is 95.8 Å². The Bertz CT molecular complexity index is 3290. The minimum atomic E-state index is -0.870. The predicted octanol–water partition coefficient (Wildman–Crippen LogP) is 25.4. The Morgan fingerprint density at radius 2 is 0.719 bits per heavy atom. The number of rotatable bonds is 7. The van der Waals surface area contributed by atoms with E-state index < -0.39 is 30.0 Å². The van der Waals surface area contributed by atoms with Crippen molar-refractivity contribution in [3.63, 3.8) is 0 Å². The molecule has 0 aliphatic heterocycles. The van der Waals surface area contributed by atoms with E-state index in [0.29, 0.717) is 28.3 Å². The third kappa shape index (κ3) is 28.1. The first-order chi connectivity index (χ1) is 41.4. The van der Waals surface area contributed by atoms with Crippen LogP contribution in [0.15, 0.2) is 66.0 Å². The molecular formula is C82H131F5N8S. The van der Waals surface area contributed by atoms with Crippen molar-refractivity contribution in [2.75, 3.05) is 13.3 Å². The third-order valence-corrected chi connectivity index (χ3v) is 16.5. The molecule has 8 nitrogen and oxygen atoms in total. The lowest BCUT2D eigenvalue weighted by Gasteiger charge is -2.26. The van der Waals surface area contributed by atoms with Gasteiger partial charge in [0.15, 0.2) is 0 Å². The summed E-state index contributed by atoms with van der Waals surface area (Å²) in [6.45, 7) is 69.0. The van der Waals surface area contributed by atoms with Crippen LogP contribution >= 0.6 is 11.3 Å². The van der Waals surface area contributed by atoms with Crippen LogP contribution in [0.5, 0.6) is 0 Å². The van der Waals surface area contributed by atoms with Crippen molar-refractivity contribution in [1.29, 1.82) is 5.26 Å². The molecule has 1 fully saturated rings. The third-order valence-electron chi connectivity index (χ3n) is 15.5. The molecule has 0 bridgehead atoms. The van der Waals surface area contributed by atoms with Gasteiger partial charge in [0, 0.05) is 93.9 Å². The predicted molar refractivity (Wildman–Crippen MR) is 404 cm³/mol. The summed E-state index contributed by atoms with van der Waals surface area (Å²) in [6, 6.07) is 19.2. The van der Waals surface area contributed by atoms with Crippen molar-refractivity contribution in [2.45, 2.75) is 329 Å². The Hall–Kier alpha value is -5.99. The quantitative estimate of drug-likeness (QED) is 0.116. The van der Waals surface area contributed by atoms with Crippen LogP contribution in [0.25, 0.3) is 4.85 Å². The zero-order chi connectivity index (χ0) is 71.6.